The van der Waals surface area contributed by atoms with Crippen molar-refractivity contribution in [3.8, 4) is 0 Å². The van der Waals surface area contributed by atoms with Crippen LogP contribution in [-0.4, -0.2) is 12.4 Å². The number of ether oxygens (including phenoxy) is 1. The van der Waals surface area contributed by atoms with Crippen LogP contribution in [0.15, 0.2) is 16.6 Å². The molecule has 1 aliphatic rings. The van der Waals surface area contributed by atoms with Crippen LogP contribution in [0.25, 0.3) is 0 Å². The van der Waals surface area contributed by atoms with Crippen LogP contribution in [0.3, 0.4) is 0 Å². The number of aryl methyl sites for hydroxylation is 1. The number of hydrogen-bond acceptors (Lipinski definition) is 2. The standard InChI is InChI=1S/C13H15BrO2/c1-8-3-4-11(9(2)13(8)14)12-7-10(15)5-6-16-12/h3-4,12H,5-7H2,1-2H3. The fourth-order valence-corrected chi connectivity index (χ4v) is 2.43. The number of rotatable bonds is 1. The van der Waals surface area contributed by atoms with Crippen molar-refractivity contribution in [2.24, 2.45) is 0 Å². The van der Waals surface area contributed by atoms with Crippen LogP contribution >= 0.6 is 15.9 Å². The molecular weight excluding hydrogens is 268 g/mol. The van der Waals surface area contributed by atoms with Crippen LogP contribution in [0, 0.1) is 13.8 Å². The first kappa shape index (κ1) is 11.8. The Balaban J connectivity index is 2.33. The zero-order chi connectivity index (χ0) is 11.7. The number of carbonyl (C=O) groups excluding carboxylic acids is 1. The lowest BCUT2D eigenvalue weighted by Crippen LogP contribution is -2.20. The van der Waals surface area contributed by atoms with Gasteiger partial charge in [0.05, 0.1) is 12.7 Å². The van der Waals surface area contributed by atoms with Crippen molar-refractivity contribution in [2.75, 3.05) is 6.61 Å². The summed E-state index contributed by atoms with van der Waals surface area (Å²) in [5.41, 5.74) is 3.52. The highest BCUT2D eigenvalue weighted by atomic mass is 79.9. The van der Waals surface area contributed by atoms with E-state index in [9.17, 15) is 4.79 Å². The number of Topliss-reactive ketones (excluding diaryl/α,β-unsaturated/α-hetero) is 1. The third-order valence-electron chi connectivity index (χ3n) is 3.08. The SMILES string of the molecule is Cc1ccc(C2CC(=O)CCO2)c(C)c1Br. The van der Waals surface area contributed by atoms with Crippen molar-refractivity contribution in [3.05, 3.63) is 33.3 Å². The summed E-state index contributed by atoms with van der Waals surface area (Å²) in [6.07, 6.45) is 1.01. The Morgan fingerprint density at radius 1 is 1.38 bits per heavy atom. The Bertz CT molecular complexity index is 426. The molecule has 2 nitrogen and oxygen atoms in total. The summed E-state index contributed by atoms with van der Waals surface area (Å²) in [4.78, 5) is 11.4. The second-order valence-corrected chi connectivity index (χ2v) is 5.06. The second kappa shape index (κ2) is 4.68. The Labute approximate surface area is 104 Å². The van der Waals surface area contributed by atoms with Crippen LogP contribution in [0.5, 0.6) is 0 Å². The lowest BCUT2D eigenvalue weighted by Gasteiger charge is -2.24. The topological polar surface area (TPSA) is 26.3 Å². The Morgan fingerprint density at radius 3 is 2.81 bits per heavy atom. The van der Waals surface area contributed by atoms with E-state index in [0.717, 1.165) is 10.0 Å². The van der Waals surface area contributed by atoms with Crippen LogP contribution in [0.4, 0.5) is 0 Å². The van der Waals surface area contributed by atoms with E-state index in [1.54, 1.807) is 0 Å². The molecule has 1 heterocycles. The second-order valence-electron chi connectivity index (χ2n) is 4.26. The minimum Gasteiger partial charge on any atom is -0.373 e. The molecule has 1 atom stereocenters. The maximum atomic E-state index is 11.4. The van der Waals surface area contributed by atoms with Gasteiger partial charge in [-0.25, -0.2) is 0 Å². The molecule has 0 aliphatic carbocycles. The third kappa shape index (κ3) is 2.20. The summed E-state index contributed by atoms with van der Waals surface area (Å²) in [7, 11) is 0. The average molecular weight is 283 g/mol. The number of carbonyl (C=O) groups is 1. The van der Waals surface area contributed by atoms with E-state index in [1.807, 2.05) is 0 Å². The maximum Gasteiger partial charge on any atom is 0.138 e. The smallest absolute Gasteiger partial charge is 0.138 e. The summed E-state index contributed by atoms with van der Waals surface area (Å²) in [6, 6.07) is 4.13. The zero-order valence-corrected chi connectivity index (χ0v) is 11.1. The first-order valence-electron chi connectivity index (χ1n) is 5.48. The molecule has 86 valence electrons. The highest BCUT2D eigenvalue weighted by Crippen LogP contribution is 2.33. The molecule has 1 unspecified atom stereocenters. The van der Waals surface area contributed by atoms with E-state index in [4.69, 9.17) is 4.74 Å². The summed E-state index contributed by atoms with van der Waals surface area (Å²) in [5, 5.41) is 0. The molecule has 1 fully saturated rings. The molecule has 2 rings (SSSR count). The minimum absolute atomic E-state index is 0.0573. The lowest BCUT2D eigenvalue weighted by atomic mass is 9.95. The van der Waals surface area contributed by atoms with Crippen LogP contribution in [0.1, 0.15) is 35.6 Å². The lowest BCUT2D eigenvalue weighted by molar-refractivity contribution is -0.128. The fraction of sp³-hybridized carbons (Fsp3) is 0.462. The van der Waals surface area contributed by atoms with Crippen molar-refractivity contribution in [1.29, 1.82) is 0 Å². The first-order chi connectivity index (χ1) is 7.59. The highest BCUT2D eigenvalue weighted by molar-refractivity contribution is 9.10. The predicted octanol–water partition coefficient (Wildman–Crippen LogP) is 3.49. The van der Waals surface area contributed by atoms with Crippen LogP contribution in [-0.2, 0) is 9.53 Å². The zero-order valence-electron chi connectivity index (χ0n) is 9.55. The van der Waals surface area contributed by atoms with Gasteiger partial charge in [0.1, 0.15) is 5.78 Å². The number of benzene rings is 1. The first-order valence-corrected chi connectivity index (χ1v) is 6.28. The quantitative estimate of drug-likeness (QED) is 0.788. The molecule has 0 radical (unpaired) electrons. The van der Waals surface area contributed by atoms with Gasteiger partial charge in [0.25, 0.3) is 0 Å². The van der Waals surface area contributed by atoms with Gasteiger partial charge in [-0.3, -0.25) is 4.79 Å². The van der Waals surface area contributed by atoms with Gasteiger partial charge in [-0.05, 0) is 30.5 Å². The molecule has 3 heteroatoms. The molecule has 0 bridgehead atoms. The van der Waals surface area contributed by atoms with Gasteiger partial charge >= 0.3 is 0 Å². The van der Waals surface area contributed by atoms with Crippen molar-refractivity contribution >= 4 is 21.7 Å². The largest absolute Gasteiger partial charge is 0.373 e. The van der Waals surface area contributed by atoms with Crippen LogP contribution in [0.2, 0.25) is 0 Å². The van der Waals surface area contributed by atoms with Gasteiger partial charge in [0.2, 0.25) is 0 Å². The molecule has 0 saturated carbocycles. The summed E-state index contributed by atoms with van der Waals surface area (Å²) in [6.45, 7) is 4.68. The molecule has 0 spiro atoms. The molecule has 16 heavy (non-hydrogen) atoms. The predicted molar refractivity (Wildman–Crippen MR) is 66.6 cm³/mol. The van der Waals surface area contributed by atoms with Crippen molar-refractivity contribution < 1.29 is 9.53 Å². The molecule has 1 aromatic carbocycles. The van der Waals surface area contributed by atoms with Crippen molar-refractivity contribution in [2.45, 2.75) is 32.8 Å². The van der Waals surface area contributed by atoms with Crippen molar-refractivity contribution in [1.82, 2.24) is 0 Å². The van der Waals surface area contributed by atoms with Gasteiger partial charge in [-0.15, -0.1) is 0 Å². The molecule has 1 saturated heterocycles. The van der Waals surface area contributed by atoms with E-state index in [2.05, 4.69) is 41.9 Å². The van der Waals surface area contributed by atoms with Gasteiger partial charge in [0.15, 0.2) is 0 Å². The van der Waals surface area contributed by atoms with Gasteiger partial charge in [0, 0.05) is 17.3 Å². The van der Waals surface area contributed by atoms with E-state index in [1.165, 1.54) is 11.1 Å². The summed E-state index contributed by atoms with van der Waals surface area (Å²) >= 11 is 3.57. The molecule has 0 amide bonds. The van der Waals surface area contributed by atoms with E-state index >= 15 is 0 Å². The Kier molecular flexibility index (Phi) is 3.45. The Hall–Kier alpha value is -0.670. The van der Waals surface area contributed by atoms with E-state index in [-0.39, 0.29) is 6.10 Å². The Morgan fingerprint density at radius 2 is 2.12 bits per heavy atom. The van der Waals surface area contributed by atoms with E-state index < -0.39 is 0 Å². The molecular formula is C13H15BrO2. The summed E-state index contributed by atoms with van der Waals surface area (Å²) in [5.74, 6) is 0.298. The maximum absolute atomic E-state index is 11.4. The fourth-order valence-electron chi connectivity index (χ4n) is 2.07. The number of ketones is 1. The average Bonchev–Trinajstić information content (AvgIpc) is 2.26. The minimum atomic E-state index is -0.0573. The monoisotopic (exact) mass is 282 g/mol. The molecule has 0 aromatic heterocycles. The highest BCUT2D eigenvalue weighted by Gasteiger charge is 2.23. The summed E-state index contributed by atoms with van der Waals surface area (Å²) < 4.78 is 6.79. The molecule has 1 aromatic rings. The van der Waals surface area contributed by atoms with Crippen LogP contribution < -0.4 is 0 Å². The van der Waals surface area contributed by atoms with Crippen molar-refractivity contribution in [3.63, 3.8) is 0 Å². The third-order valence-corrected chi connectivity index (χ3v) is 4.30. The van der Waals surface area contributed by atoms with Gasteiger partial charge in [-0.2, -0.15) is 0 Å². The van der Waals surface area contributed by atoms with Gasteiger partial charge < -0.3 is 4.74 Å². The number of halogens is 1. The number of hydrogen-bond donors (Lipinski definition) is 0. The van der Waals surface area contributed by atoms with Gasteiger partial charge in [-0.1, -0.05) is 28.1 Å². The molecule has 0 N–H and O–H groups in total. The van der Waals surface area contributed by atoms with E-state index in [0.29, 0.717) is 25.2 Å². The normalized spacial score (nSPS) is 21.2. The molecule has 1 aliphatic heterocycles.